The van der Waals surface area contributed by atoms with Crippen LogP contribution in [0.25, 0.3) is 0 Å². The molecule has 3 nitrogen and oxygen atoms in total. The minimum atomic E-state index is -0.118. The molecular formula is C12H12ClNO2S. The Morgan fingerprint density at radius 3 is 2.71 bits per heavy atom. The molecule has 0 spiro atoms. The van der Waals surface area contributed by atoms with Crippen molar-refractivity contribution in [3.8, 4) is 10.9 Å². The Labute approximate surface area is 109 Å². The van der Waals surface area contributed by atoms with Gasteiger partial charge in [0.1, 0.15) is 10.9 Å². The van der Waals surface area contributed by atoms with E-state index in [0.717, 1.165) is 11.3 Å². The second-order valence-electron chi connectivity index (χ2n) is 3.70. The second-order valence-corrected chi connectivity index (χ2v) is 5.10. The van der Waals surface area contributed by atoms with Gasteiger partial charge >= 0.3 is 0 Å². The van der Waals surface area contributed by atoms with Gasteiger partial charge in [0.2, 0.25) is 0 Å². The molecule has 0 saturated carbocycles. The lowest BCUT2D eigenvalue weighted by atomic mass is 10.1. The van der Waals surface area contributed by atoms with Crippen LogP contribution in [0.4, 0.5) is 0 Å². The third-order valence-corrected chi connectivity index (χ3v) is 3.80. The molecule has 0 atom stereocenters. The van der Waals surface area contributed by atoms with Crippen molar-refractivity contribution >= 4 is 22.9 Å². The lowest BCUT2D eigenvalue weighted by Crippen LogP contribution is -1.86. The molecule has 1 aromatic carbocycles. The molecule has 0 saturated heterocycles. The fourth-order valence-electron chi connectivity index (χ4n) is 1.33. The standard InChI is InChI=1S/C12H12ClNO2S/c1-7-3-4-9(5-8(7)2)16-12-14-11(13)10(6-15)17-12/h3-5,15H,6H2,1-2H3. The summed E-state index contributed by atoms with van der Waals surface area (Å²) in [5, 5.41) is 9.76. The van der Waals surface area contributed by atoms with E-state index in [1.165, 1.54) is 16.9 Å². The normalized spacial score (nSPS) is 10.6. The first kappa shape index (κ1) is 12.4. The van der Waals surface area contributed by atoms with Gasteiger partial charge in [-0.2, -0.15) is 4.98 Å². The molecule has 1 N–H and O–H groups in total. The van der Waals surface area contributed by atoms with Crippen LogP contribution in [0.15, 0.2) is 18.2 Å². The number of benzene rings is 1. The maximum absolute atomic E-state index is 9.01. The maximum Gasteiger partial charge on any atom is 0.280 e. The fourth-order valence-corrected chi connectivity index (χ4v) is 2.31. The van der Waals surface area contributed by atoms with E-state index in [1.54, 1.807) is 0 Å². The number of aryl methyl sites for hydroxylation is 2. The lowest BCUT2D eigenvalue weighted by molar-refractivity contribution is 0.285. The first-order chi connectivity index (χ1) is 8.10. The SMILES string of the molecule is Cc1ccc(Oc2nc(Cl)c(CO)s2)cc1C. The molecule has 0 radical (unpaired) electrons. The van der Waals surface area contributed by atoms with E-state index in [0.29, 0.717) is 15.2 Å². The average Bonchev–Trinajstić information content (AvgIpc) is 2.64. The minimum Gasteiger partial charge on any atom is -0.431 e. The summed E-state index contributed by atoms with van der Waals surface area (Å²) in [6, 6.07) is 5.83. The van der Waals surface area contributed by atoms with E-state index < -0.39 is 0 Å². The van der Waals surface area contributed by atoms with Crippen LogP contribution >= 0.6 is 22.9 Å². The summed E-state index contributed by atoms with van der Waals surface area (Å²) >= 11 is 7.08. The predicted molar refractivity (Wildman–Crippen MR) is 69.0 cm³/mol. The van der Waals surface area contributed by atoms with Gasteiger partial charge in [-0.25, -0.2) is 0 Å². The minimum absolute atomic E-state index is 0.118. The topological polar surface area (TPSA) is 42.4 Å². The number of thiazole rings is 1. The molecule has 2 aromatic rings. The summed E-state index contributed by atoms with van der Waals surface area (Å²) in [5.41, 5.74) is 2.37. The van der Waals surface area contributed by atoms with Crippen molar-refractivity contribution in [2.45, 2.75) is 20.5 Å². The van der Waals surface area contributed by atoms with E-state index >= 15 is 0 Å². The van der Waals surface area contributed by atoms with Gasteiger partial charge in [0.25, 0.3) is 5.19 Å². The number of halogens is 1. The van der Waals surface area contributed by atoms with Crippen LogP contribution in [0.1, 0.15) is 16.0 Å². The Balaban J connectivity index is 2.22. The van der Waals surface area contributed by atoms with Crippen molar-refractivity contribution in [3.05, 3.63) is 39.4 Å². The second kappa shape index (κ2) is 5.04. The number of hydrogen-bond acceptors (Lipinski definition) is 4. The smallest absolute Gasteiger partial charge is 0.280 e. The Hall–Kier alpha value is -1.10. The van der Waals surface area contributed by atoms with E-state index in [2.05, 4.69) is 4.98 Å². The molecule has 0 unspecified atom stereocenters. The Kier molecular flexibility index (Phi) is 3.66. The zero-order valence-corrected chi connectivity index (χ0v) is 11.1. The summed E-state index contributed by atoms with van der Waals surface area (Å²) in [6.45, 7) is 3.95. The third kappa shape index (κ3) is 2.77. The number of aliphatic hydroxyl groups is 1. The first-order valence-corrected chi connectivity index (χ1v) is 6.30. The maximum atomic E-state index is 9.01. The highest BCUT2D eigenvalue weighted by atomic mass is 35.5. The molecule has 0 fully saturated rings. The van der Waals surface area contributed by atoms with Crippen LogP contribution in [-0.2, 0) is 6.61 Å². The van der Waals surface area contributed by atoms with Crippen molar-refractivity contribution in [2.75, 3.05) is 0 Å². The van der Waals surface area contributed by atoms with Gasteiger partial charge in [-0.1, -0.05) is 29.0 Å². The van der Waals surface area contributed by atoms with Crippen LogP contribution in [0.2, 0.25) is 5.15 Å². The van der Waals surface area contributed by atoms with Crippen molar-refractivity contribution in [2.24, 2.45) is 0 Å². The molecule has 2 rings (SSSR count). The van der Waals surface area contributed by atoms with Gasteiger partial charge in [-0.15, -0.1) is 0 Å². The molecule has 0 aliphatic carbocycles. The van der Waals surface area contributed by atoms with E-state index in [9.17, 15) is 0 Å². The summed E-state index contributed by atoms with van der Waals surface area (Å²) in [6.07, 6.45) is 0. The van der Waals surface area contributed by atoms with E-state index in [1.807, 2.05) is 32.0 Å². The van der Waals surface area contributed by atoms with Crippen LogP contribution in [-0.4, -0.2) is 10.1 Å². The fraction of sp³-hybridized carbons (Fsp3) is 0.250. The van der Waals surface area contributed by atoms with Gasteiger partial charge in [0.15, 0.2) is 0 Å². The van der Waals surface area contributed by atoms with Crippen LogP contribution < -0.4 is 4.74 Å². The highest BCUT2D eigenvalue weighted by Crippen LogP contribution is 2.32. The molecule has 0 aliphatic rings. The summed E-state index contributed by atoms with van der Waals surface area (Å²) in [4.78, 5) is 4.65. The van der Waals surface area contributed by atoms with Crippen LogP contribution in [0, 0.1) is 13.8 Å². The van der Waals surface area contributed by atoms with Crippen molar-refractivity contribution < 1.29 is 9.84 Å². The van der Waals surface area contributed by atoms with E-state index in [-0.39, 0.29) is 6.61 Å². The molecule has 1 aromatic heterocycles. The van der Waals surface area contributed by atoms with Crippen LogP contribution in [0.5, 0.6) is 10.9 Å². The molecule has 1 heterocycles. The largest absolute Gasteiger partial charge is 0.431 e. The summed E-state index contributed by atoms with van der Waals surface area (Å²) < 4.78 is 5.59. The molecule has 0 amide bonds. The summed E-state index contributed by atoms with van der Waals surface area (Å²) in [5.74, 6) is 0.725. The predicted octanol–water partition coefficient (Wildman–Crippen LogP) is 3.70. The highest BCUT2D eigenvalue weighted by molar-refractivity contribution is 7.13. The van der Waals surface area contributed by atoms with Gasteiger partial charge in [0.05, 0.1) is 11.5 Å². The lowest BCUT2D eigenvalue weighted by Gasteiger charge is -2.04. The van der Waals surface area contributed by atoms with Crippen molar-refractivity contribution in [1.29, 1.82) is 0 Å². The van der Waals surface area contributed by atoms with Crippen molar-refractivity contribution in [1.82, 2.24) is 4.98 Å². The number of aliphatic hydroxyl groups excluding tert-OH is 1. The van der Waals surface area contributed by atoms with Crippen molar-refractivity contribution in [3.63, 3.8) is 0 Å². The average molecular weight is 270 g/mol. The van der Waals surface area contributed by atoms with Crippen LogP contribution in [0.3, 0.4) is 0 Å². The molecule has 0 aliphatic heterocycles. The highest BCUT2D eigenvalue weighted by Gasteiger charge is 2.10. The monoisotopic (exact) mass is 269 g/mol. The van der Waals surface area contributed by atoms with Gasteiger partial charge in [0, 0.05) is 0 Å². The van der Waals surface area contributed by atoms with Gasteiger partial charge in [-0.3, -0.25) is 0 Å². The van der Waals surface area contributed by atoms with Gasteiger partial charge in [-0.05, 0) is 37.1 Å². The number of nitrogens with zero attached hydrogens (tertiary/aromatic N) is 1. The molecule has 5 heteroatoms. The zero-order chi connectivity index (χ0) is 12.4. The molecule has 17 heavy (non-hydrogen) atoms. The Morgan fingerprint density at radius 1 is 1.35 bits per heavy atom. The Morgan fingerprint density at radius 2 is 2.12 bits per heavy atom. The summed E-state index contributed by atoms with van der Waals surface area (Å²) in [7, 11) is 0. The third-order valence-electron chi connectivity index (χ3n) is 2.46. The number of hydrogen-bond donors (Lipinski definition) is 1. The van der Waals surface area contributed by atoms with E-state index in [4.69, 9.17) is 21.4 Å². The van der Waals surface area contributed by atoms with Gasteiger partial charge < -0.3 is 9.84 Å². The molecule has 90 valence electrons. The molecular weight excluding hydrogens is 258 g/mol. The number of ether oxygens (including phenoxy) is 1. The number of aromatic nitrogens is 1. The quantitative estimate of drug-likeness (QED) is 0.924. The molecule has 0 bridgehead atoms. The Bertz CT molecular complexity index is 539. The number of rotatable bonds is 3. The zero-order valence-electron chi connectivity index (χ0n) is 9.53. The first-order valence-electron chi connectivity index (χ1n) is 5.11.